The predicted molar refractivity (Wildman–Crippen MR) is 136 cm³/mol. The number of pyridine rings is 3. The second-order valence-corrected chi connectivity index (χ2v) is 9.13. The van der Waals surface area contributed by atoms with Gasteiger partial charge in [0.2, 0.25) is 5.88 Å². The highest BCUT2D eigenvalue weighted by atomic mass is 35.5. The number of rotatable bonds is 7. The Labute approximate surface area is 213 Å². The molecule has 0 amide bonds. The van der Waals surface area contributed by atoms with E-state index in [2.05, 4.69) is 19.9 Å². The van der Waals surface area contributed by atoms with Crippen molar-refractivity contribution in [1.29, 1.82) is 0 Å². The summed E-state index contributed by atoms with van der Waals surface area (Å²) < 4.78 is 12.6. The second-order valence-electron chi connectivity index (χ2n) is 8.72. The number of halogens is 1. The number of aromatic nitrogens is 5. The summed E-state index contributed by atoms with van der Waals surface area (Å²) in [5.74, 6) is 1.20. The molecule has 0 spiro atoms. The van der Waals surface area contributed by atoms with Crippen LogP contribution in [0.25, 0.3) is 17.1 Å². The number of hydrogen-bond acceptors (Lipinski definition) is 8. The summed E-state index contributed by atoms with van der Waals surface area (Å²) in [5.41, 5.74) is 1.66. The van der Waals surface area contributed by atoms with Gasteiger partial charge in [-0.05, 0) is 45.9 Å². The molecule has 0 bridgehead atoms. The minimum Gasteiger partial charge on any atom is -0.487 e. The number of ether oxygens (including phenoxy) is 2. The van der Waals surface area contributed by atoms with E-state index in [1.165, 1.54) is 10.8 Å². The topological polar surface area (TPSA) is 112 Å². The Morgan fingerprint density at radius 1 is 1.08 bits per heavy atom. The van der Waals surface area contributed by atoms with Crippen LogP contribution in [-0.2, 0) is 12.2 Å². The van der Waals surface area contributed by atoms with Crippen LogP contribution in [0.5, 0.6) is 11.6 Å². The highest BCUT2D eigenvalue weighted by Crippen LogP contribution is 2.28. The Balaban J connectivity index is 1.71. The number of aliphatic hydroxyl groups is 1. The van der Waals surface area contributed by atoms with E-state index in [9.17, 15) is 9.90 Å². The molecule has 0 atom stereocenters. The van der Waals surface area contributed by atoms with E-state index in [-0.39, 0.29) is 18.0 Å². The molecule has 1 N–H and O–H groups in total. The molecule has 4 heterocycles. The number of aryl methyl sites for hydroxylation is 1. The maximum Gasteiger partial charge on any atom is 0.261 e. The van der Waals surface area contributed by atoms with Gasteiger partial charge in [-0.1, -0.05) is 17.7 Å². The van der Waals surface area contributed by atoms with Crippen molar-refractivity contribution in [1.82, 2.24) is 24.5 Å². The zero-order valence-corrected chi connectivity index (χ0v) is 21.4. The summed E-state index contributed by atoms with van der Waals surface area (Å²) in [6.45, 7) is 6.88. The van der Waals surface area contributed by atoms with Crippen molar-refractivity contribution in [2.45, 2.75) is 39.9 Å². The molecule has 9 nitrogen and oxygen atoms in total. The van der Waals surface area contributed by atoms with Crippen LogP contribution in [0.15, 0.2) is 53.6 Å². The lowest BCUT2D eigenvalue weighted by Gasteiger charge is -2.17. The molecule has 0 aliphatic rings. The quantitative estimate of drug-likeness (QED) is 0.396. The zero-order chi connectivity index (χ0) is 26.0. The van der Waals surface area contributed by atoms with Gasteiger partial charge in [0.25, 0.3) is 5.56 Å². The molecular formula is C26H26ClN5O4. The maximum atomic E-state index is 13.4. The summed E-state index contributed by atoms with van der Waals surface area (Å²) in [6, 6.07) is 10.5. The third-order valence-corrected chi connectivity index (χ3v) is 5.78. The van der Waals surface area contributed by atoms with Crippen LogP contribution in [0.2, 0.25) is 5.02 Å². The smallest absolute Gasteiger partial charge is 0.261 e. The van der Waals surface area contributed by atoms with Gasteiger partial charge in [0.15, 0.2) is 5.82 Å². The van der Waals surface area contributed by atoms with Crippen molar-refractivity contribution in [3.8, 4) is 28.7 Å². The van der Waals surface area contributed by atoms with Gasteiger partial charge >= 0.3 is 0 Å². The van der Waals surface area contributed by atoms with Gasteiger partial charge in [0.05, 0.1) is 40.5 Å². The van der Waals surface area contributed by atoms with Crippen LogP contribution in [-0.4, -0.2) is 36.7 Å². The van der Waals surface area contributed by atoms with Crippen LogP contribution in [0.4, 0.5) is 0 Å². The van der Waals surface area contributed by atoms with E-state index in [4.69, 9.17) is 21.1 Å². The summed E-state index contributed by atoms with van der Waals surface area (Å²) in [7, 11) is 1.55. The minimum absolute atomic E-state index is 0.179. The van der Waals surface area contributed by atoms with Crippen LogP contribution in [0.1, 0.15) is 36.6 Å². The first kappa shape index (κ1) is 25.3. The minimum atomic E-state index is -1.22. The molecule has 0 fully saturated rings. The molecular weight excluding hydrogens is 482 g/mol. The lowest BCUT2D eigenvalue weighted by atomic mass is 10.1. The number of hydrogen-bond donors (Lipinski definition) is 1. The molecule has 0 unspecified atom stereocenters. The molecule has 0 aliphatic heterocycles. The summed E-state index contributed by atoms with van der Waals surface area (Å²) in [5, 5.41) is 10.6. The van der Waals surface area contributed by atoms with Crippen molar-refractivity contribution < 1.29 is 14.6 Å². The SMILES string of the molecule is COc1cccc(COc2cc(C)n(-c3cc(-c4ccnc(C(C)(C)O)n4)ncc3Cl)c(=O)c2C)n1. The maximum absolute atomic E-state index is 13.4. The molecule has 36 heavy (non-hydrogen) atoms. The summed E-state index contributed by atoms with van der Waals surface area (Å²) in [4.78, 5) is 30.7. The molecule has 0 radical (unpaired) electrons. The number of methoxy groups -OCH3 is 1. The van der Waals surface area contributed by atoms with Crippen LogP contribution >= 0.6 is 11.6 Å². The Kier molecular flexibility index (Phi) is 7.05. The predicted octanol–water partition coefficient (Wildman–Crippen LogP) is 4.17. The monoisotopic (exact) mass is 507 g/mol. The van der Waals surface area contributed by atoms with Gasteiger partial charge in [0, 0.05) is 30.2 Å². The first-order valence-electron chi connectivity index (χ1n) is 11.2. The molecule has 10 heteroatoms. The van der Waals surface area contributed by atoms with E-state index in [0.717, 1.165) is 0 Å². The summed E-state index contributed by atoms with van der Waals surface area (Å²) in [6.07, 6.45) is 3.02. The van der Waals surface area contributed by atoms with Crippen molar-refractivity contribution in [2.24, 2.45) is 0 Å². The van der Waals surface area contributed by atoms with E-state index < -0.39 is 5.60 Å². The molecule has 0 saturated heterocycles. The van der Waals surface area contributed by atoms with E-state index >= 15 is 0 Å². The van der Waals surface area contributed by atoms with Crippen molar-refractivity contribution in [2.75, 3.05) is 7.11 Å². The lowest BCUT2D eigenvalue weighted by Crippen LogP contribution is -2.24. The van der Waals surface area contributed by atoms with Crippen LogP contribution < -0.4 is 15.0 Å². The van der Waals surface area contributed by atoms with E-state index in [1.807, 2.05) is 12.1 Å². The van der Waals surface area contributed by atoms with Crippen LogP contribution in [0.3, 0.4) is 0 Å². The van der Waals surface area contributed by atoms with Crippen molar-refractivity contribution >= 4 is 11.6 Å². The average Bonchev–Trinajstić information content (AvgIpc) is 2.86. The molecule has 0 saturated carbocycles. The largest absolute Gasteiger partial charge is 0.487 e. The standard InChI is InChI=1S/C26H26ClN5O4/c1-15-11-22(36-14-17-7-6-8-23(30-17)35-5)16(2)24(33)32(15)21-12-20(29-13-18(21)27)19-9-10-28-25(31-19)26(3,4)34/h6-13,34H,14H2,1-5H3. The first-order chi connectivity index (χ1) is 17.1. The lowest BCUT2D eigenvalue weighted by molar-refractivity contribution is 0.0688. The molecule has 186 valence electrons. The Hall–Kier alpha value is -3.82. The molecule has 4 aromatic heterocycles. The molecule has 4 rings (SSSR count). The Morgan fingerprint density at radius 2 is 1.86 bits per heavy atom. The van der Waals surface area contributed by atoms with Gasteiger partial charge in [-0.2, -0.15) is 0 Å². The summed E-state index contributed by atoms with van der Waals surface area (Å²) >= 11 is 6.48. The Bertz CT molecular complexity index is 1480. The van der Waals surface area contributed by atoms with E-state index in [1.54, 1.807) is 65.3 Å². The molecule has 0 aromatic carbocycles. The van der Waals surface area contributed by atoms with Crippen molar-refractivity contribution in [3.05, 3.63) is 86.9 Å². The van der Waals surface area contributed by atoms with Gasteiger partial charge in [-0.25, -0.2) is 15.0 Å². The fourth-order valence-corrected chi connectivity index (χ4v) is 3.77. The molecule has 4 aromatic rings. The van der Waals surface area contributed by atoms with Gasteiger partial charge in [-0.15, -0.1) is 0 Å². The highest BCUT2D eigenvalue weighted by Gasteiger charge is 2.21. The highest BCUT2D eigenvalue weighted by molar-refractivity contribution is 6.32. The fraction of sp³-hybridized carbons (Fsp3) is 0.269. The van der Waals surface area contributed by atoms with E-state index in [0.29, 0.717) is 50.7 Å². The average molecular weight is 508 g/mol. The third-order valence-electron chi connectivity index (χ3n) is 5.49. The van der Waals surface area contributed by atoms with Crippen LogP contribution in [0, 0.1) is 13.8 Å². The van der Waals surface area contributed by atoms with Gasteiger partial charge in [-0.3, -0.25) is 14.3 Å². The number of nitrogens with zero attached hydrogens (tertiary/aromatic N) is 5. The van der Waals surface area contributed by atoms with Crippen molar-refractivity contribution in [3.63, 3.8) is 0 Å². The van der Waals surface area contributed by atoms with Gasteiger partial charge in [0.1, 0.15) is 18.0 Å². The third kappa shape index (κ3) is 5.22. The fourth-order valence-electron chi connectivity index (χ4n) is 3.58. The molecule has 0 aliphatic carbocycles. The van der Waals surface area contributed by atoms with Gasteiger partial charge < -0.3 is 14.6 Å². The Morgan fingerprint density at radius 3 is 2.58 bits per heavy atom. The first-order valence-corrected chi connectivity index (χ1v) is 11.5. The zero-order valence-electron chi connectivity index (χ0n) is 20.6. The normalized spacial score (nSPS) is 11.4. The second kappa shape index (κ2) is 10.0.